The number of aliphatic carboxylic acids is 1. The van der Waals surface area contributed by atoms with E-state index < -0.39 is 5.97 Å². The van der Waals surface area contributed by atoms with Crippen LogP contribution < -0.4 is 0 Å². The summed E-state index contributed by atoms with van der Waals surface area (Å²) in [5.74, 6) is 2.17. The van der Waals surface area contributed by atoms with Gasteiger partial charge in [0.2, 0.25) is 0 Å². The molecule has 0 radical (unpaired) electrons. The van der Waals surface area contributed by atoms with Gasteiger partial charge < -0.3 is 5.11 Å². The minimum Gasteiger partial charge on any atom is -0.481 e. The number of rotatable bonds is 4. The molecule has 1 N–H and O–H groups in total. The monoisotopic (exact) mass is 266 g/mol. The van der Waals surface area contributed by atoms with E-state index in [-0.39, 0.29) is 5.92 Å². The molecular weight excluding hydrogens is 236 g/mol. The SMILES string of the molecule is CCCC1CCC(C(=O)O)C(C2CCCC(C)C2)C1. The molecule has 2 nitrogen and oxygen atoms in total. The van der Waals surface area contributed by atoms with E-state index in [0.717, 1.165) is 24.7 Å². The third kappa shape index (κ3) is 3.73. The van der Waals surface area contributed by atoms with Crippen molar-refractivity contribution in [1.29, 1.82) is 0 Å². The number of hydrogen-bond donors (Lipinski definition) is 1. The minimum absolute atomic E-state index is 0.0524. The van der Waals surface area contributed by atoms with Crippen LogP contribution >= 0.6 is 0 Å². The quantitative estimate of drug-likeness (QED) is 0.798. The Morgan fingerprint density at radius 2 is 1.95 bits per heavy atom. The number of carboxylic acid groups (broad SMARTS) is 1. The van der Waals surface area contributed by atoms with Gasteiger partial charge in [-0.05, 0) is 49.4 Å². The van der Waals surface area contributed by atoms with E-state index in [4.69, 9.17) is 0 Å². The van der Waals surface area contributed by atoms with Crippen molar-refractivity contribution in [3.8, 4) is 0 Å². The van der Waals surface area contributed by atoms with Crippen LogP contribution in [0.3, 0.4) is 0 Å². The molecule has 110 valence electrons. The van der Waals surface area contributed by atoms with Gasteiger partial charge in [0.15, 0.2) is 0 Å². The van der Waals surface area contributed by atoms with E-state index in [1.54, 1.807) is 0 Å². The van der Waals surface area contributed by atoms with Gasteiger partial charge in [0, 0.05) is 0 Å². The fourth-order valence-corrected chi connectivity index (χ4v) is 4.66. The summed E-state index contributed by atoms with van der Waals surface area (Å²) in [4.78, 5) is 11.6. The molecule has 0 aliphatic heterocycles. The molecule has 0 aromatic rings. The average Bonchev–Trinajstić information content (AvgIpc) is 2.39. The lowest BCUT2D eigenvalue weighted by Gasteiger charge is -2.41. The van der Waals surface area contributed by atoms with Gasteiger partial charge >= 0.3 is 5.97 Å². The van der Waals surface area contributed by atoms with Crippen LogP contribution in [0, 0.1) is 29.6 Å². The van der Waals surface area contributed by atoms with E-state index in [0.29, 0.717) is 11.8 Å². The molecule has 2 rings (SSSR count). The fraction of sp³-hybridized carbons (Fsp3) is 0.941. The molecule has 2 aliphatic rings. The van der Waals surface area contributed by atoms with E-state index in [9.17, 15) is 9.90 Å². The Morgan fingerprint density at radius 3 is 2.58 bits per heavy atom. The molecule has 2 fully saturated rings. The molecule has 0 spiro atoms. The molecule has 5 unspecified atom stereocenters. The average molecular weight is 266 g/mol. The van der Waals surface area contributed by atoms with Crippen molar-refractivity contribution in [2.45, 2.75) is 71.6 Å². The van der Waals surface area contributed by atoms with Crippen LogP contribution in [0.5, 0.6) is 0 Å². The van der Waals surface area contributed by atoms with Gasteiger partial charge in [-0.25, -0.2) is 0 Å². The first-order valence-corrected chi connectivity index (χ1v) is 8.34. The van der Waals surface area contributed by atoms with Crippen molar-refractivity contribution in [3.63, 3.8) is 0 Å². The first-order chi connectivity index (χ1) is 9.11. The van der Waals surface area contributed by atoms with Gasteiger partial charge in [0.05, 0.1) is 5.92 Å². The van der Waals surface area contributed by atoms with Crippen molar-refractivity contribution in [1.82, 2.24) is 0 Å². The Bertz CT molecular complexity index is 300. The van der Waals surface area contributed by atoms with Gasteiger partial charge in [0.1, 0.15) is 0 Å². The summed E-state index contributed by atoms with van der Waals surface area (Å²) in [7, 11) is 0. The predicted octanol–water partition coefficient (Wildman–Crippen LogP) is 4.73. The highest BCUT2D eigenvalue weighted by Gasteiger charge is 2.40. The lowest BCUT2D eigenvalue weighted by Crippen LogP contribution is -2.37. The number of carbonyl (C=O) groups is 1. The Balaban J connectivity index is 2.04. The van der Waals surface area contributed by atoms with Crippen LogP contribution in [0.1, 0.15) is 71.6 Å². The zero-order valence-electron chi connectivity index (χ0n) is 12.6. The maximum atomic E-state index is 11.6. The number of carboxylic acids is 1. The summed E-state index contributed by atoms with van der Waals surface area (Å²) in [5.41, 5.74) is 0. The summed E-state index contributed by atoms with van der Waals surface area (Å²) in [5, 5.41) is 9.52. The molecule has 2 aliphatic carbocycles. The third-order valence-corrected chi connectivity index (χ3v) is 5.60. The van der Waals surface area contributed by atoms with Crippen LogP contribution in [0.4, 0.5) is 0 Å². The zero-order chi connectivity index (χ0) is 13.8. The molecule has 0 amide bonds. The second-order valence-corrected chi connectivity index (χ2v) is 7.11. The highest BCUT2D eigenvalue weighted by molar-refractivity contribution is 5.70. The largest absolute Gasteiger partial charge is 0.481 e. The Kier molecular flexibility index (Phi) is 5.29. The summed E-state index contributed by atoms with van der Waals surface area (Å²) in [6.45, 7) is 4.59. The van der Waals surface area contributed by atoms with Gasteiger partial charge in [-0.3, -0.25) is 4.79 Å². The van der Waals surface area contributed by atoms with Crippen LogP contribution in [-0.2, 0) is 4.79 Å². The Morgan fingerprint density at radius 1 is 1.16 bits per heavy atom. The van der Waals surface area contributed by atoms with Crippen LogP contribution in [-0.4, -0.2) is 11.1 Å². The highest BCUT2D eigenvalue weighted by Crippen LogP contribution is 2.45. The molecule has 0 aromatic heterocycles. The van der Waals surface area contributed by atoms with Crippen LogP contribution in [0.25, 0.3) is 0 Å². The molecule has 19 heavy (non-hydrogen) atoms. The third-order valence-electron chi connectivity index (χ3n) is 5.60. The van der Waals surface area contributed by atoms with E-state index in [1.165, 1.54) is 44.9 Å². The minimum atomic E-state index is -0.529. The fourth-order valence-electron chi connectivity index (χ4n) is 4.66. The first-order valence-electron chi connectivity index (χ1n) is 8.34. The predicted molar refractivity (Wildman–Crippen MR) is 78.0 cm³/mol. The molecule has 2 saturated carbocycles. The molecule has 5 atom stereocenters. The van der Waals surface area contributed by atoms with E-state index in [1.807, 2.05) is 0 Å². The van der Waals surface area contributed by atoms with Gasteiger partial charge in [-0.1, -0.05) is 46.0 Å². The zero-order valence-corrected chi connectivity index (χ0v) is 12.6. The first kappa shape index (κ1) is 14.9. The summed E-state index contributed by atoms with van der Waals surface area (Å²) >= 11 is 0. The lowest BCUT2D eigenvalue weighted by molar-refractivity contribution is -0.147. The van der Waals surface area contributed by atoms with Gasteiger partial charge in [0.25, 0.3) is 0 Å². The van der Waals surface area contributed by atoms with Crippen molar-refractivity contribution < 1.29 is 9.90 Å². The smallest absolute Gasteiger partial charge is 0.306 e. The molecular formula is C17H30O2. The molecule has 0 aromatic carbocycles. The van der Waals surface area contributed by atoms with Crippen LogP contribution in [0.2, 0.25) is 0 Å². The topological polar surface area (TPSA) is 37.3 Å². The van der Waals surface area contributed by atoms with Crippen molar-refractivity contribution in [2.75, 3.05) is 0 Å². The van der Waals surface area contributed by atoms with Crippen molar-refractivity contribution in [3.05, 3.63) is 0 Å². The van der Waals surface area contributed by atoms with E-state index >= 15 is 0 Å². The maximum absolute atomic E-state index is 11.6. The van der Waals surface area contributed by atoms with Gasteiger partial charge in [-0.15, -0.1) is 0 Å². The molecule has 0 heterocycles. The van der Waals surface area contributed by atoms with Crippen molar-refractivity contribution in [2.24, 2.45) is 29.6 Å². The van der Waals surface area contributed by atoms with E-state index in [2.05, 4.69) is 13.8 Å². The Labute approximate surface area is 118 Å². The van der Waals surface area contributed by atoms with Gasteiger partial charge in [-0.2, -0.15) is 0 Å². The summed E-state index contributed by atoms with van der Waals surface area (Å²) in [6, 6.07) is 0. The normalized spacial score (nSPS) is 40.0. The summed E-state index contributed by atoms with van der Waals surface area (Å²) < 4.78 is 0. The maximum Gasteiger partial charge on any atom is 0.306 e. The molecule has 2 heteroatoms. The van der Waals surface area contributed by atoms with Crippen LogP contribution in [0.15, 0.2) is 0 Å². The number of hydrogen-bond acceptors (Lipinski definition) is 1. The summed E-state index contributed by atoms with van der Waals surface area (Å²) in [6.07, 6.45) is 11.0. The highest BCUT2D eigenvalue weighted by atomic mass is 16.4. The second kappa shape index (κ2) is 6.76. The standard InChI is InChI=1S/C17H30O2/c1-3-5-13-8-9-15(17(18)19)16(11-13)14-7-4-6-12(2)10-14/h12-16H,3-11H2,1-2H3,(H,18,19). The second-order valence-electron chi connectivity index (χ2n) is 7.11. The molecule has 0 saturated heterocycles. The molecule has 0 bridgehead atoms. The lowest BCUT2D eigenvalue weighted by atomic mass is 9.63. The Hall–Kier alpha value is -0.530. The van der Waals surface area contributed by atoms with Crippen molar-refractivity contribution >= 4 is 5.97 Å².